The summed E-state index contributed by atoms with van der Waals surface area (Å²) in [5.41, 5.74) is 14.0. The topological polar surface area (TPSA) is 116 Å². The van der Waals surface area contributed by atoms with Gasteiger partial charge in [0.2, 0.25) is 0 Å². The Balaban J connectivity index is 1.35. The summed E-state index contributed by atoms with van der Waals surface area (Å²) in [6.07, 6.45) is 4.23. The molecule has 1 aromatic carbocycles. The van der Waals surface area contributed by atoms with Crippen molar-refractivity contribution in [1.29, 1.82) is 0 Å². The predicted octanol–water partition coefficient (Wildman–Crippen LogP) is 0.507. The van der Waals surface area contributed by atoms with Gasteiger partial charge in [-0.2, -0.15) is 0 Å². The van der Waals surface area contributed by atoms with E-state index in [9.17, 15) is 0 Å². The van der Waals surface area contributed by atoms with Crippen LogP contribution in [0.2, 0.25) is 0 Å². The summed E-state index contributed by atoms with van der Waals surface area (Å²) in [6.45, 7) is 7.34. The summed E-state index contributed by atoms with van der Waals surface area (Å²) in [5, 5.41) is 3.69. The largest absolute Gasteiger partial charge is 0.397 e. The van der Waals surface area contributed by atoms with Crippen LogP contribution in [0, 0.1) is 0 Å². The fourth-order valence-electron chi connectivity index (χ4n) is 4.88. The Morgan fingerprint density at radius 3 is 1.58 bits per heavy atom. The van der Waals surface area contributed by atoms with Crippen LogP contribution in [0.1, 0.15) is 16.7 Å². The minimum Gasteiger partial charge on any atom is -0.397 e. The molecular weight excluding hydrogens is 426 g/mol. The van der Waals surface area contributed by atoms with E-state index in [4.69, 9.17) is 34.2 Å². The Labute approximate surface area is 193 Å². The molecule has 0 bridgehead atoms. The average molecular weight is 460 g/mol. The third-order valence-electron chi connectivity index (χ3n) is 7.23. The molecule has 33 heavy (non-hydrogen) atoms. The van der Waals surface area contributed by atoms with Crippen LogP contribution >= 0.6 is 0 Å². The van der Waals surface area contributed by atoms with Crippen molar-refractivity contribution < 1.29 is 28.4 Å². The SMILES string of the molecule is Nc1c(CC2CO2)c(CC2CO2)c(CC2CO2)c(N(CC2CO2)CC2CO2)c1NCC1CO1. The van der Waals surface area contributed by atoms with Crippen LogP contribution in [0.5, 0.6) is 0 Å². The molecule has 6 saturated heterocycles. The molecule has 0 spiro atoms. The van der Waals surface area contributed by atoms with E-state index in [1.54, 1.807) is 0 Å². The molecule has 0 aromatic heterocycles. The number of anilines is 3. The van der Waals surface area contributed by atoms with Crippen molar-refractivity contribution in [3.8, 4) is 0 Å². The van der Waals surface area contributed by atoms with E-state index >= 15 is 0 Å². The summed E-state index contributed by atoms with van der Waals surface area (Å²) < 4.78 is 33.8. The number of nitrogens with two attached hydrogens (primary N) is 1. The monoisotopic (exact) mass is 459 g/mol. The highest BCUT2D eigenvalue weighted by atomic mass is 16.6. The van der Waals surface area contributed by atoms with Gasteiger partial charge in [0, 0.05) is 38.9 Å². The summed E-state index contributed by atoms with van der Waals surface area (Å²) in [7, 11) is 0. The van der Waals surface area contributed by atoms with Gasteiger partial charge in [-0.25, -0.2) is 0 Å². The molecular formula is C24H33N3O6. The molecule has 0 aliphatic carbocycles. The first-order valence-corrected chi connectivity index (χ1v) is 12.4. The number of hydrogen-bond donors (Lipinski definition) is 2. The van der Waals surface area contributed by atoms with Gasteiger partial charge < -0.3 is 44.4 Å². The van der Waals surface area contributed by atoms with E-state index in [0.29, 0.717) is 0 Å². The zero-order chi connectivity index (χ0) is 21.9. The average Bonchev–Trinajstić information content (AvgIpc) is 3.59. The van der Waals surface area contributed by atoms with E-state index in [2.05, 4.69) is 10.2 Å². The third-order valence-corrected chi connectivity index (χ3v) is 7.23. The second-order valence-electron chi connectivity index (χ2n) is 10.2. The molecule has 6 atom stereocenters. The van der Waals surface area contributed by atoms with Crippen LogP contribution in [0.3, 0.4) is 0 Å². The Kier molecular flexibility index (Phi) is 5.18. The highest BCUT2D eigenvalue weighted by Gasteiger charge is 2.39. The quantitative estimate of drug-likeness (QED) is 0.303. The lowest BCUT2D eigenvalue weighted by atomic mass is 9.87. The van der Waals surface area contributed by atoms with Gasteiger partial charge in [-0.1, -0.05) is 0 Å². The first kappa shape index (κ1) is 20.7. The maximum Gasteiger partial charge on any atom is 0.0984 e. The van der Waals surface area contributed by atoms with Crippen LogP contribution in [0.15, 0.2) is 0 Å². The Morgan fingerprint density at radius 1 is 0.636 bits per heavy atom. The van der Waals surface area contributed by atoms with Crippen molar-refractivity contribution in [2.75, 3.05) is 75.2 Å². The van der Waals surface area contributed by atoms with Crippen molar-refractivity contribution >= 4 is 17.1 Å². The maximum atomic E-state index is 6.99. The molecule has 0 saturated carbocycles. The summed E-state index contributed by atoms with van der Waals surface area (Å²) in [5.74, 6) is 0. The number of epoxide rings is 6. The standard InChI is InChI=1S/C24H33N3O6/c25-22-20(2-14-8-29-14)19(1-13-7-28-13)21(3-15-9-30-15)24(23(22)26-4-16-10-31-16)27(5-17-11-32-17)6-18-12-33-18/h13-18,26H,1-12,25H2. The predicted molar refractivity (Wildman–Crippen MR) is 121 cm³/mol. The summed E-state index contributed by atoms with van der Waals surface area (Å²) in [6, 6.07) is 0. The highest BCUT2D eigenvalue weighted by molar-refractivity contribution is 5.89. The van der Waals surface area contributed by atoms with E-state index in [1.807, 2.05) is 0 Å². The number of ether oxygens (including phenoxy) is 6. The zero-order valence-corrected chi connectivity index (χ0v) is 18.9. The lowest BCUT2D eigenvalue weighted by Crippen LogP contribution is -2.34. The van der Waals surface area contributed by atoms with Crippen molar-refractivity contribution in [2.24, 2.45) is 0 Å². The van der Waals surface area contributed by atoms with Crippen LogP contribution in [0.4, 0.5) is 17.1 Å². The molecule has 0 amide bonds. The van der Waals surface area contributed by atoms with Crippen molar-refractivity contribution in [3.63, 3.8) is 0 Å². The second kappa shape index (κ2) is 8.25. The van der Waals surface area contributed by atoms with Crippen LogP contribution in [-0.2, 0) is 47.7 Å². The smallest absolute Gasteiger partial charge is 0.0984 e. The normalized spacial score (nSPS) is 34.7. The fraction of sp³-hybridized carbons (Fsp3) is 0.750. The number of rotatable bonds is 14. The maximum absolute atomic E-state index is 6.99. The fourth-order valence-corrected chi connectivity index (χ4v) is 4.88. The molecule has 7 rings (SSSR count). The second-order valence-corrected chi connectivity index (χ2v) is 10.2. The van der Waals surface area contributed by atoms with Gasteiger partial charge in [0.15, 0.2) is 0 Å². The molecule has 6 aliphatic heterocycles. The molecule has 6 unspecified atom stereocenters. The lowest BCUT2D eigenvalue weighted by Gasteiger charge is -2.33. The number of nitrogens with zero attached hydrogens (tertiary/aromatic N) is 1. The Hall–Kier alpha value is -1.62. The van der Waals surface area contributed by atoms with Gasteiger partial charge >= 0.3 is 0 Å². The van der Waals surface area contributed by atoms with E-state index in [-0.39, 0.29) is 36.6 Å². The van der Waals surface area contributed by atoms with E-state index in [0.717, 1.165) is 89.9 Å². The van der Waals surface area contributed by atoms with E-state index < -0.39 is 0 Å². The zero-order valence-electron chi connectivity index (χ0n) is 18.9. The summed E-state index contributed by atoms with van der Waals surface area (Å²) in [4.78, 5) is 2.45. The molecule has 6 aliphatic rings. The molecule has 180 valence electrons. The van der Waals surface area contributed by atoms with Gasteiger partial charge in [-0.05, 0) is 16.7 Å². The number of nitrogen functional groups attached to an aromatic ring is 1. The molecule has 9 heteroatoms. The first-order valence-electron chi connectivity index (χ1n) is 12.4. The Bertz CT molecular complexity index is 890. The van der Waals surface area contributed by atoms with Crippen LogP contribution in [-0.4, -0.2) is 95.9 Å². The number of hydrogen-bond acceptors (Lipinski definition) is 9. The van der Waals surface area contributed by atoms with Crippen LogP contribution < -0.4 is 16.0 Å². The van der Waals surface area contributed by atoms with Gasteiger partial charge in [-0.3, -0.25) is 0 Å². The van der Waals surface area contributed by atoms with Crippen LogP contribution in [0.25, 0.3) is 0 Å². The molecule has 6 fully saturated rings. The van der Waals surface area contributed by atoms with E-state index in [1.165, 1.54) is 22.4 Å². The van der Waals surface area contributed by atoms with Gasteiger partial charge in [-0.15, -0.1) is 0 Å². The van der Waals surface area contributed by atoms with Gasteiger partial charge in [0.1, 0.15) is 0 Å². The minimum absolute atomic E-state index is 0.259. The van der Waals surface area contributed by atoms with Gasteiger partial charge in [0.05, 0.1) is 93.3 Å². The molecule has 0 radical (unpaired) electrons. The first-order chi connectivity index (χ1) is 16.2. The third kappa shape index (κ3) is 5.08. The van der Waals surface area contributed by atoms with Crippen molar-refractivity contribution in [2.45, 2.75) is 55.9 Å². The highest BCUT2D eigenvalue weighted by Crippen LogP contribution is 2.46. The van der Waals surface area contributed by atoms with Gasteiger partial charge in [0.25, 0.3) is 0 Å². The lowest BCUT2D eigenvalue weighted by molar-refractivity contribution is 0.387. The number of benzene rings is 1. The van der Waals surface area contributed by atoms with Crippen molar-refractivity contribution in [3.05, 3.63) is 16.7 Å². The molecule has 3 N–H and O–H groups in total. The summed E-state index contributed by atoms with van der Waals surface area (Å²) >= 11 is 0. The Morgan fingerprint density at radius 2 is 1.09 bits per heavy atom. The molecule has 9 nitrogen and oxygen atoms in total. The number of nitrogens with one attached hydrogen (secondary N) is 1. The minimum atomic E-state index is 0.259. The van der Waals surface area contributed by atoms with Crippen molar-refractivity contribution in [1.82, 2.24) is 0 Å². The molecule has 1 aromatic rings. The molecule has 6 heterocycles.